The van der Waals surface area contributed by atoms with Gasteiger partial charge in [0.2, 0.25) is 5.95 Å². The first-order chi connectivity index (χ1) is 27.6. The highest BCUT2D eigenvalue weighted by Crippen LogP contribution is 2.37. The number of nitrogens with one attached hydrogen (secondary N) is 3. The molecular weight excluding hydrogens is 737 g/mol. The Hall–Kier alpha value is -4.89. The number of rotatable bonds is 17. The van der Waals surface area contributed by atoms with Gasteiger partial charge in [-0.1, -0.05) is 94.8 Å². The van der Waals surface area contributed by atoms with Gasteiger partial charge in [0.25, 0.3) is 8.32 Å². The van der Waals surface area contributed by atoms with Crippen molar-refractivity contribution in [1.29, 1.82) is 0 Å². The molecule has 4 heterocycles. The van der Waals surface area contributed by atoms with E-state index in [0.717, 1.165) is 56.6 Å². The fraction of sp³-hybridized carbons (Fsp3) is 0.465. The van der Waals surface area contributed by atoms with Crippen LogP contribution in [0, 0.1) is 6.92 Å². The van der Waals surface area contributed by atoms with Gasteiger partial charge in [-0.3, -0.25) is 15.0 Å². The second-order valence-corrected chi connectivity index (χ2v) is 19.9. The largest absolute Gasteiger partial charge is 0.495 e. The summed E-state index contributed by atoms with van der Waals surface area (Å²) in [5.41, 5.74) is 3.75. The standard InChI is InChI=1S/C43H58N8O5Si/c1-8-15-33(22-25-56-57(43(3,4)5,34-16-11-9-12-17-34)35-18-13-10-14-19-35)46-40-39-38(47-41(48-40)49-42(52)54-7)30(2)50-51(39)29-36-37(53-6)26-31(28-45-36)27-44-32-20-23-55-24-21-32/h9-14,16-19,26,28,32-33,44H,8,15,20-25,27,29H2,1-7H3,(H2,46,47,48,49,52)/t33-/m0/s1. The van der Waals surface area contributed by atoms with Crippen molar-refractivity contribution in [2.45, 2.75) is 96.9 Å². The molecule has 1 aliphatic rings. The zero-order valence-corrected chi connectivity index (χ0v) is 35.4. The number of fused-ring (bicyclic) bond motifs is 1. The Bertz CT molecular complexity index is 2030. The fourth-order valence-corrected chi connectivity index (χ4v) is 12.4. The van der Waals surface area contributed by atoms with Gasteiger partial charge < -0.3 is 29.3 Å². The monoisotopic (exact) mass is 794 g/mol. The number of hydrogen-bond donors (Lipinski definition) is 3. The van der Waals surface area contributed by atoms with E-state index >= 15 is 0 Å². The summed E-state index contributed by atoms with van der Waals surface area (Å²) in [6, 6.07) is 23.8. The molecule has 0 saturated carbocycles. The number of carbonyl (C=O) groups is 1. The summed E-state index contributed by atoms with van der Waals surface area (Å²) in [6.07, 6.45) is 5.74. The van der Waals surface area contributed by atoms with Crippen molar-refractivity contribution in [3.05, 3.63) is 89.9 Å². The van der Waals surface area contributed by atoms with Crippen LogP contribution in [-0.2, 0) is 27.0 Å². The van der Waals surface area contributed by atoms with Crippen molar-refractivity contribution < 1.29 is 23.4 Å². The first-order valence-electron chi connectivity index (χ1n) is 20.0. The summed E-state index contributed by atoms with van der Waals surface area (Å²) < 4.78 is 25.4. The van der Waals surface area contributed by atoms with Crippen LogP contribution in [0.4, 0.5) is 16.6 Å². The summed E-state index contributed by atoms with van der Waals surface area (Å²) in [5.74, 6) is 1.34. The maximum atomic E-state index is 12.4. The molecule has 1 aliphatic heterocycles. The quantitative estimate of drug-likeness (QED) is 0.0878. The molecule has 3 N–H and O–H groups in total. The second kappa shape index (κ2) is 19.0. The Morgan fingerprint density at radius 1 is 1.00 bits per heavy atom. The van der Waals surface area contributed by atoms with E-state index in [9.17, 15) is 4.79 Å². The molecule has 1 atom stereocenters. The molecule has 0 bridgehead atoms. The minimum Gasteiger partial charge on any atom is -0.495 e. The molecule has 304 valence electrons. The molecule has 1 saturated heterocycles. The van der Waals surface area contributed by atoms with E-state index in [-0.39, 0.29) is 17.0 Å². The fourth-order valence-electron chi connectivity index (χ4n) is 7.80. The third kappa shape index (κ3) is 9.81. The predicted molar refractivity (Wildman–Crippen MR) is 227 cm³/mol. The highest BCUT2D eigenvalue weighted by atomic mass is 28.4. The van der Waals surface area contributed by atoms with Gasteiger partial charge in [-0.2, -0.15) is 10.1 Å². The van der Waals surface area contributed by atoms with Crippen LogP contribution in [0.2, 0.25) is 5.04 Å². The van der Waals surface area contributed by atoms with Crippen LogP contribution in [0.25, 0.3) is 11.0 Å². The van der Waals surface area contributed by atoms with Crippen LogP contribution in [-0.4, -0.2) is 85.3 Å². The van der Waals surface area contributed by atoms with Crippen molar-refractivity contribution >= 4 is 47.6 Å². The number of nitrogens with zero attached hydrogens (tertiary/aromatic N) is 5. The number of anilines is 2. The van der Waals surface area contributed by atoms with Crippen LogP contribution in [0.15, 0.2) is 72.9 Å². The summed E-state index contributed by atoms with van der Waals surface area (Å²) in [4.78, 5) is 26.8. The number of aromatic nitrogens is 5. The molecular formula is C43H58N8O5Si. The number of hydrogen-bond acceptors (Lipinski definition) is 11. The first-order valence-corrected chi connectivity index (χ1v) is 21.9. The van der Waals surface area contributed by atoms with Crippen LogP contribution in [0.3, 0.4) is 0 Å². The van der Waals surface area contributed by atoms with Gasteiger partial charge in [-0.15, -0.1) is 0 Å². The SMILES string of the molecule is CCC[C@@H](CCO[Si](c1ccccc1)(c1ccccc1)C(C)(C)C)Nc1nc(NC(=O)OC)nc2c(C)nn(Cc3ncc(CNC4CCOCC4)cc3OC)c12. The van der Waals surface area contributed by atoms with E-state index in [4.69, 9.17) is 38.7 Å². The molecule has 0 unspecified atom stereocenters. The molecule has 13 nitrogen and oxygen atoms in total. The lowest BCUT2D eigenvalue weighted by atomic mass is 10.1. The summed E-state index contributed by atoms with van der Waals surface area (Å²) in [6.45, 7) is 14.0. The highest BCUT2D eigenvalue weighted by molar-refractivity contribution is 6.99. The molecule has 14 heteroatoms. The minimum atomic E-state index is -2.74. The van der Waals surface area contributed by atoms with Gasteiger partial charge in [0.1, 0.15) is 22.5 Å². The summed E-state index contributed by atoms with van der Waals surface area (Å²) in [7, 11) is 0.232. The third-order valence-electron chi connectivity index (χ3n) is 10.7. The first kappa shape index (κ1) is 41.7. The molecule has 1 amide bonds. The van der Waals surface area contributed by atoms with E-state index < -0.39 is 14.4 Å². The minimum absolute atomic E-state index is 0.0175. The van der Waals surface area contributed by atoms with E-state index in [2.05, 4.69) is 104 Å². The molecule has 0 radical (unpaired) electrons. The zero-order valence-electron chi connectivity index (χ0n) is 34.4. The molecule has 0 aliphatic carbocycles. The predicted octanol–water partition coefficient (Wildman–Crippen LogP) is 6.58. The maximum absolute atomic E-state index is 12.4. The lowest BCUT2D eigenvalue weighted by molar-refractivity contribution is 0.0776. The van der Waals surface area contributed by atoms with E-state index in [1.807, 2.05) is 23.9 Å². The summed E-state index contributed by atoms with van der Waals surface area (Å²) >= 11 is 0. The van der Waals surface area contributed by atoms with Crippen molar-refractivity contribution in [3.8, 4) is 5.75 Å². The van der Waals surface area contributed by atoms with Crippen molar-refractivity contribution in [1.82, 2.24) is 30.0 Å². The second-order valence-electron chi connectivity index (χ2n) is 15.6. The van der Waals surface area contributed by atoms with Gasteiger partial charge in [0.15, 0.2) is 5.82 Å². The number of methoxy groups -OCH3 is 2. The van der Waals surface area contributed by atoms with E-state index in [1.54, 1.807) is 7.11 Å². The number of ether oxygens (including phenoxy) is 3. The third-order valence-corrected chi connectivity index (χ3v) is 15.7. The van der Waals surface area contributed by atoms with Crippen molar-refractivity contribution in [2.24, 2.45) is 0 Å². The average molecular weight is 795 g/mol. The lowest BCUT2D eigenvalue weighted by Crippen LogP contribution is -2.66. The molecule has 2 aromatic carbocycles. The number of carbonyl (C=O) groups excluding carboxylic acids is 1. The van der Waals surface area contributed by atoms with Gasteiger partial charge in [-0.25, -0.2) is 9.78 Å². The number of pyridine rings is 1. The topological polar surface area (TPSA) is 147 Å². The molecule has 5 aromatic rings. The van der Waals surface area contributed by atoms with Gasteiger partial charge in [-0.05, 0) is 59.6 Å². The highest BCUT2D eigenvalue weighted by Gasteiger charge is 2.50. The number of aryl methyl sites for hydroxylation is 1. The average Bonchev–Trinajstić information content (AvgIpc) is 3.53. The van der Waals surface area contributed by atoms with Crippen LogP contribution in [0.5, 0.6) is 5.75 Å². The van der Waals surface area contributed by atoms with E-state index in [1.165, 1.54) is 17.5 Å². The van der Waals surface area contributed by atoms with Gasteiger partial charge in [0, 0.05) is 44.6 Å². The Labute approximate surface area is 337 Å². The van der Waals surface area contributed by atoms with Gasteiger partial charge in [0.05, 0.1) is 26.5 Å². The summed E-state index contributed by atoms with van der Waals surface area (Å²) in [5, 5.41) is 17.3. The maximum Gasteiger partial charge on any atom is 0.413 e. The van der Waals surface area contributed by atoms with E-state index in [0.29, 0.717) is 54.0 Å². The molecule has 6 rings (SSSR count). The van der Waals surface area contributed by atoms with Crippen molar-refractivity contribution in [2.75, 3.05) is 44.7 Å². The smallest absolute Gasteiger partial charge is 0.413 e. The number of benzene rings is 2. The van der Waals surface area contributed by atoms with Crippen LogP contribution >= 0.6 is 0 Å². The lowest BCUT2D eigenvalue weighted by Gasteiger charge is -2.43. The normalized spacial score (nSPS) is 14.4. The molecule has 1 fully saturated rings. The Morgan fingerprint density at radius 3 is 2.30 bits per heavy atom. The molecule has 3 aromatic heterocycles. The Kier molecular flexibility index (Phi) is 13.9. The Morgan fingerprint density at radius 2 is 1.68 bits per heavy atom. The van der Waals surface area contributed by atoms with Gasteiger partial charge >= 0.3 is 6.09 Å². The number of amides is 1. The zero-order chi connectivity index (χ0) is 40.4. The Balaban J connectivity index is 1.30. The molecule has 57 heavy (non-hydrogen) atoms. The van der Waals surface area contributed by atoms with Crippen molar-refractivity contribution in [3.63, 3.8) is 0 Å². The van der Waals surface area contributed by atoms with Crippen LogP contribution < -0.4 is 31.1 Å². The molecule has 0 spiro atoms. The van der Waals surface area contributed by atoms with Crippen LogP contribution in [0.1, 0.15) is 76.8 Å².